The lowest BCUT2D eigenvalue weighted by Gasteiger charge is -2.21. The predicted octanol–water partition coefficient (Wildman–Crippen LogP) is 5.57. The smallest absolute Gasteiger partial charge is 0.344 e. The van der Waals surface area contributed by atoms with Gasteiger partial charge in [0.05, 0.1) is 12.1 Å². The highest BCUT2D eigenvalue weighted by Crippen LogP contribution is 2.42. The van der Waals surface area contributed by atoms with Crippen LogP contribution in [0.2, 0.25) is 0 Å². The van der Waals surface area contributed by atoms with Gasteiger partial charge in [0.2, 0.25) is 0 Å². The second-order valence-electron chi connectivity index (χ2n) is 6.43. The van der Waals surface area contributed by atoms with Gasteiger partial charge in [-0.1, -0.05) is 26.8 Å². The van der Waals surface area contributed by atoms with Crippen molar-refractivity contribution < 1.29 is 13.2 Å². The zero-order chi connectivity index (χ0) is 16.0. The molecule has 0 aliphatic carbocycles. The van der Waals surface area contributed by atoms with Gasteiger partial charge in [-0.3, -0.25) is 0 Å². The van der Waals surface area contributed by atoms with Crippen LogP contribution in [0.4, 0.5) is 18.9 Å². The van der Waals surface area contributed by atoms with Crippen LogP contribution in [-0.2, 0) is 12.7 Å². The van der Waals surface area contributed by atoms with Crippen LogP contribution in [-0.4, -0.2) is 4.57 Å². The van der Waals surface area contributed by atoms with Gasteiger partial charge in [0, 0.05) is 23.1 Å². The van der Waals surface area contributed by atoms with E-state index in [1.807, 2.05) is 25.3 Å². The first-order valence-electron chi connectivity index (χ1n) is 6.62. The molecule has 2 aromatic rings. The number of hydrogen-bond acceptors (Lipinski definition) is 0. The Morgan fingerprint density at radius 1 is 1.19 bits per heavy atom. The second kappa shape index (κ2) is 4.80. The van der Waals surface area contributed by atoms with Crippen molar-refractivity contribution in [1.82, 2.24) is 4.57 Å². The zero-order valence-electron chi connectivity index (χ0n) is 12.5. The maximum Gasteiger partial charge on any atom is 0.408 e. The number of hydrogen-bond donors (Lipinski definition) is 0. The van der Waals surface area contributed by atoms with Crippen molar-refractivity contribution >= 4 is 16.6 Å². The molecular weight excluding hydrogens is 277 g/mol. The van der Waals surface area contributed by atoms with Crippen molar-refractivity contribution in [2.45, 2.75) is 40.4 Å². The lowest BCUT2D eigenvalue weighted by atomic mass is 9.96. The Hall–Kier alpha value is -1.96. The quantitative estimate of drug-likeness (QED) is 0.609. The normalized spacial score (nSPS) is 12.7. The van der Waals surface area contributed by atoms with Gasteiger partial charge >= 0.3 is 6.18 Å². The Labute approximate surface area is 122 Å². The van der Waals surface area contributed by atoms with Gasteiger partial charge in [-0.2, -0.15) is 13.2 Å². The molecule has 2 nitrogen and oxygen atoms in total. The van der Waals surface area contributed by atoms with E-state index in [4.69, 9.17) is 6.57 Å². The van der Waals surface area contributed by atoms with E-state index in [2.05, 4.69) is 4.85 Å². The molecule has 0 N–H and O–H groups in total. The average molecular weight is 294 g/mol. The molecule has 0 bridgehead atoms. The van der Waals surface area contributed by atoms with Crippen LogP contribution in [0.25, 0.3) is 15.7 Å². The predicted molar refractivity (Wildman–Crippen MR) is 77.4 cm³/mol. The van der Waals surface area contributed by atoms with Crippen molar-refractivity contribution in [2.24, 2.45) is 5.41 Å². The first-order chi connectivity index (χ1) is 9.54. The van der Waals surface area contributed by atoms with E-state index >= 15 is 0 Å². The molecule has 0 radical (unpaired) electrons. The molecule has 0 saturated heterocycles. The van der Waals surface area contributed by atoms with E-state index in [0.29, 0.717) is 12.1 Å². The Bertz CT molecular complexity index is 725. The van der Waals surface area contributed by atoms with E-state index in [1.165, 1.54) is 12.1 Å². The van der Waals surface area contributed by atoms with Gasteiger partial charge in [-0.05, 0) is 24.5 Å². The molecule has 0 spiro atoms. The summed E-state index contributed by atoms with van der Waals surface area (Å²) >= 11 is 0. The maximum absolute atomic E-state index is 13.3. The minimum Gasteiger partial charge on any atom is -0.344 e. The van der Waals surface area contributed by atoms with Gasteiger partial charge in [0.25, 0.3) is 0 Å². The van der Waals surface area contributed by atoms with Crippen LogP contribution in [0, 0.1) is 18.9 Å². The molecule has 0 unspecified atom stereocenters. The largest absolute Gasteiger partial charge is 0.408 e. The fourth-order valence-electron chi connectivity index (χ4n) is 2.53. The topological polar surface area (TPSA) is 9.29 Å². The molecule has 0 aliphatic rings. The fraction of sp³-hybridized carbons (Fsp3) is 0.438. The van der Waals surface area contributed by atoms with Crippen molar-refractivity contribution in [3.8, 4) is 0 Å². The number of alkyl halides is 3. The van der Waals surface area contributed by atoms with E-state index in [0.717, 1.165) is 5.69 Å². The highest BCUT2D eigenvalue weighted by Gasteiger charge is 2.36. The average Bonchev–Trinajstić information content (AvgIpc) is 2.61. The molecule has 0 saturated carbocycles. The summed E-state index contributed by atoms with van der Waals surface area (Å²) in [6.45, 7) is 15.5. The molecule has 1 heterocycles. The SMILES string of the molecule is [C-]#[N+]c1ccc2c(cc(C)n2CC(C)(C)C)c1C(F)(F)F. The summed E-state index contributed by atoms with van der Waals surface area (Å²) in [7, 11) is 0. The lowest BCUT2D eigenvalue weighted by molar-refractivity contribution is -0.135. The van der Waals surface area contributed by atoms with Gasteiger partial charge in [0.15, 0.2) is 5.69 Å². The summed E-state index contributed by atoms with van der Waals surface area (Å²) in [4.78, 5) is 3.02. The molecule has 112 valence electrons. The van der Waals surface area contributed by atoms with Crippen LogP contribution in [0.3, 0.4) is 0 Å². The van der Waals surface area contributed by atoms with Crippen molar-refractivity contribution in [1.29, 1.82) is 0 Å². The molecule has 0 amide bonds. The van der Waals surface area contributed by atoms with Gasteiger partial charge in [-0.15, -0.1) is 0 Å². The zero-order valence-corrected chi connectivity index (χ0v) is 12.5. The van der Waals surface area contributed by atoms with Crippen molar-refractivity contribution in [3.63, 3.8) is 0 Å². The monoisotopic (exact) mass is 294 g/mol. The minimum absolute atomic E-state index is 0.0480. The number of nitrogens with zero attached hydrogens (tertiary/aromatic N) is 2. The summed E-state index contributed by atoms with van der Waals surface area (Å²) in [6.07, 6.45) is -4.53. The van der Waals surface area contributed by atoms with E-state index in [-0.39, 0.29) is 16.5 Å². The van der Waals surface area contributed by atoms with Crippen molar-refractivity contribution in [2.75, 3.05) is 0 Å². The van der Waals surface area contributed by atoms with Crippen LogP contribution in [0.15, 0.2) is 18.2 Å². The number of benzene rings is 1. The lowest BCUT2D eigenvalue weighted by Crippen LogP contribution is -2.16. The number of halogens is 3. The summed E-state index contributed by atoms with van der Waals surface area (Å²) < 4.78 is 41.8. The molecule has 0 fully saturated rings. The third-order valence-electron chi connectivity index (χ3n) is 3.31. The third-order valence-corrected chi connectivity index (χ3v) is 3.31. The Kier molecular flexibility index (Phi) is 3.53. The Morgan fingerprint density at radius 3 is 2.29 bits per heavy atom. The number of rotatable bonds is 1. The molecule has 0 atom stereocenters. The number of fused-ring (bicyclic) bond motifs is 1. The standard InChI is InChI=1S/C16H17F3N2/c1-10-8-11-13(21(10)9-15(2,3)4)7-6-12(20-5)14(11)16(17,18)19/h6-8H,9H2,1-4H3. The van der Waals surface area contributed by atoms with Crippen molar-refractivity contribution in [3.05, 3.63) is 40.9 Å². The minimum atomic E-state index is -4.53. The summed E-state index contributed by atoms with van der Waals surface area (Å²) in [5.74, 6) is 0. The molecule has 1 aromatic heterocycles. The third kappa shape index (κ3) is 2.90. The molecule has 2 rings (SSSR count). The molecule has 0 aliphatic heterocycles. The highest BCUT2D eigenvalue weighted by atomic mass is 19.4. The molecule has 21 heavy (non-hydrogen) atoms. The van der Waals surface area contributed by atoms with Gasteiger partial charge < -0.3 is 4.57 Å². The maximum atomic E-state index is 13.3. The Balaban J connectivity index is 2.80. The first kappa shape index (κ1) is 15.4. The van der Waals surface area contributed by atoms with Gasteiger partial charge in [-0.25, -0.2) is 4.85 Å². The number of aryl methyl sites for hydroxylation is 1. The highest BCUT2D eigenvalue weighted by molar-refractivity contribution is 5.90. The van der Waals surface area contributed by atoms with Gasteiger partial charge in [0.1, 0.15) is 0 Å². The van der Waals surface area contributed by atoms with Crippen LogP contribution in [0.5, 0.6) is 0 Å². The summed E-state index contributed by atoms with van der Waals surface area (Å²) in [5.41, 5.74) is 0.0801. The van der Waals surface area contributed by atoms with E-state index in [1.54, 1.807) is 13.0 Å². The fourth-order valence-corrected chi connectivity index (χ4v) is 2.53. The molecule has 1 aromatic carbocycles. The second-order valence-corrected chi connectivity index (χ2v) is 6.43. The molecule has 5 heteroatoms. The van der Waals surface area contributed by atoms with E-state index < -0.39 is 11.7 Å². The first-order valence-corrected chi connectivity index (χ1v) is 6.62. The van der Waals surface area contributed by atoms with E-state index in [9.17, 15) is 13.2 Å². The van der Waals surface area contributed by atoms with Crippen LogP contribution < -0.4 is 0 Å². The number of aromatic nitrogens is 1. The van der Waals surface area contributed by atoms with Crippen LogP contribution in [0.1, 0.15) is 32.0 Å². The van der Waals surface area contributed by atoms with Crippen LogP contribution >= 0.6 is 0 Å². The molecular formula is C16H17F3N2. The summed E-state index contributed by atoms with van der Waals surface area (Å²) in [6, 6.07) is 4.39. The Morgan fingerprint density at radius 2 is 1.81 bits per heavy atom. The summed E-state index contributed by atoms with van der Waals surface area (Å²) in [5, 5.41) is 0.109.